The van der Waals surface area contributed by atoms with Gasteiger partial charge in [0.05, 0.1) is 9.95 Å². The molecule has 0 aliphatic rings. The molecule has 3 amide bonds. The number of benzene rings is 1. The Morgan fingerprint density at radius 3 is 2.76 bits per heavy atom. The molecule has 2 N–H and O–H groups in total. The van der Waals surface area contributed by atoms with E-state index in [1.165, 1.54) is 12.1 Å². The quantitative estimate of drug-likeness (QED) is 0.564. The maximum Gasteiger partial charge on any atom is 0.321 e. The van der Waals surface area contributed by atoms with Crippen molar-refractivity contribution in [3.8, 4) is 5.75 Å². The van der Waals surface area contributed by atoms with Crippen LogP contribution in [0.2, 0.25) is 5.02 Å². The van der Waals surface area contributed by atoms with Crippen molar-refractivity contribution in [2.24, 2.45) is 0 Å². The van der Waals surface area contributed by atoms with E-state index in [9.17, 15) is 19.7 Å². The number of hydrogen-bond acceptors (Lipinski definition) is 6. The molecule has 1 aromatic carbocycles. The van der Waals surface area contributed by atoms with Crippen LogP contribution >= 0.6 is 22.9 Å². The van der Waals surface area contributed by atoms with Crippen LogP contribution in [0.1, 0.15) is 4.88 Å². The largest absolute Gasteiger partial charge is 0.482 e. The summed E-state index contributed by atoms with van der Waals surface area (Å²) in [6.45, 7) is -0.0511. The number of thiophene rings is 1. The fourth-order valence-electron chi connectivity index (χ4n) is 1.82. The fourth-order valence-corrected chi connectivity index (χ4v) is 2.76. The molecule has 25 heavy (non-hydrogen) atoms. The van der Waals surface area contributed by atoms with Crippen LogP contribution in [0.3, 0.4) is 0 Å². The van der Waals surface area contributed by atoms with Crippen LogP contribution in [0.4, 0.5) is 10.5 Å². The van der Waals surface area contributed by atoms with Crippen molar-refractivity contribution < 1.29 is 19.2 Å². The number of halogens is 1. The van der Waals surface area contributed by atoms with E-state index in [2.05, 4.69) is 10.6 Å². The van der Waals surface area contributed by atoms with Gasteiger partial charge in [-0.25, -0.2) is 4.79 Å². The number of carbonyl (C=O) groups is 2. The number of non-ortho nitro benzene ring substituents is 1. The monoisotopic (exact) mass is 383 g/mol. The van der Waals surface area contributed by atoms with Gasteiger partial charge in [0, 0.05) is 23.6 Å². The predicted molar refractivity (Wildman–Crippen MR) is 93.2 cm³/mol. The zero-order chi connectivity index (χ0) is 18.2. The van der Waals surface area contributed by atoms with Crippen LogP contribution in [0.5, 0.6) is 5.75 Å². The van der Waals surface area contributed by atoms with Gasteiger partial charge in [0.2, 0.25) is 0 Å². The highest BCUT2D eigenvalue weighted by atomic mass is 35.5. The van der Waals surface area contributed by atoms with Crippen LogP contribution < -0.4 is 15.4 Å². The van der Waals surface area contributed by atoms with Gasteiger partial charge in [-0.05, 0) is 23.9 Å². The van der Waals surface area contributed by atoms with Crippen molar-refractivity contribution >= 4 is 40.6 Å². The Bertz CT molecular complexity index is 767. The summed E-state index contributed by atoms with van der Waals surface area (Å²) in [5, 5.41) is 17.2. The Labute approximate surface area is 151 Å². The minimum absolute atomic E-state index is 0.00222. The molecule has 0 bridgehead atoms. The van der Waals surface area contributed by atoms with E-state index in [0.29, 0.717) is 13.0 Å². The first-order chi connectivity index (χ1) is 12.0. The number of imide groups is 1. The molecule has 0 aliphatic carbocycles. The highest BCUT2D eigenvalue weighted by molar-refractivity contribution is 7.09. The van der Waals surface area contributed by atoms with E-state index < -0.39 is 23.5 Å². The number of ether oxygens (including phenoxy) is 1. The molecule has 2 aromatic rings. The second-order valence-corrected chi connectivity index (χ2v) is 6.23. The maximum absolute atomic E-state index is 11.7. The Morgan fingerprint density at radius 1 is 1.32 bits per heavy atom. The van der Waals surface area contributed by atoms with E-state index in [4.69, 9.17) is 16.3 Å². The maximum atomic E-state index is 11.7. The van der Waals surface area contributed by atoms with Gasteiger partial charge in [0.25, 0.3) is 11.6 Å². The van der Waals surface area contributed by atoms with Crippen LogP contribution in [-0.2, 0) is 11.2 Å². The van der Waals surface area contributed by atoms with Gasteiger partial charge < -0.3 is 10.1 Å². The first-order valence-electron chi connectivity index (χ1n) is 7.12. The Morgan fingerprint density at radius 2 is 2.12 bits per heavy atom. The number of nitro groups is 1. The van der Waals surface area contributed by atoms with Gasteiger partial charge in [-0.1, -0.05) is 17.7 Å². The van der Waals surface area contributed by atoms with E-state index in [0.717, 1.165) is 10.9 Å². The van der Waals surface area contributed by atoms with Gasteiger partial charge in [0.1, 0.15) is 5.75 Å². The normalized spacial score (nSPS) is 10.1. The zero-order valence-corrected chi connectivity index (χ0v) is 14.4. The predicted octanol–water partition coefficient (Wildman–Crippen LogP) is 2.76. The first-order valence-corrected chi connectivity index (χ1v) is 8.38. The number of nitrogens with one attached hydrogen (secondary N) is 2. The molecular formula is C15H14ClN3O5S. The minimum atomic E-state index is -0.664. The Balaban J connectivity index is 1.72. The fraction of sp³-hybridized carbons (Fsp3) is 0.200. The van der Waals surface area contributed by atoms with E-state index in [1.807, 2.05) is 17.5 Å². The molecule has 0 radical (unpaired) electrons. The smallest absolute Gasteiger partial charge is 0.321 e. The SMILES string of the molecule is O=C(COc1ccc([N+](=O)[O-])cc1Cl)NC(=O)NCCc1cccs1. The summed E-state index contributed by atoms with van der Waals surface area (Å²) in [7, 11) is 0. The summed E-state index contributed by atoms with van der Waals surface area (Å²) in [5.74, 6) is -0.552. The highest BCUT2D eigenvalue weighted by Gasteiger charge is 2.13. The molecule has 8 nitrogen and oxygen atoms in total. The van der Waals surface area contributed by atoms with Crippen LogP contribution in [0.25, 0.3) is 0 Å². The summed E-state index contributed by atoms with van der Waals surface area (Å²) in [4.78, 5) is 34.4. The lowest BCUT2D eigenvalue weighted by Crippen LogP contribution is -2.42. The lowest BCUT2D eigenvalue weighted by molar-refractivity contribution is -0.384. The third-order valence-corrected chi connectivity index (χ3v) is 4.21. The number of nitro benzene ring substituents is 1. The molecule has 1 heterocycles. The van der Waals surface area contributed by atoms with Gasteiger partial charge in [-0.15, -0.1) is 11.3 Å². The third-order valence-electron chi connectivity index (χ3n) is 2.98. The van der Waals surface area contributed by atoms with Crippen LogP contribution in [-0.4, -0.2) is 30.0 Å². The highest BCUT2D eigenvalue weighted by Crippen LogP contribution is 2.28. The summed E-state index contributed by atoms with van der Waals surface area (Å²) < 4.78 is 5.15. The summed E-state index contributed by atoms with van der Waals surface area (Å²) in [6.07, 6.45) is 0.675. The van der Waals surface area contributed by atoms with Gasteiger partial charge in [-0.3, -0.25) is 20.2 Å². The second kappa shape index (κ2) is 9.00. The molecular weight excluding hydrogens is 370 g/mol. The van der Waals surface area contributed by atoms with Crippen LogP contribution in [0.15, 0.2) is 35.7 Å². The molecule has 0 saturated carbocycles. The lowest BCUT2D eigenvalue weighted by atomic mass is 10.3. The number of nitrogens with zero attached hydrogens (tertiary/aromatic N) is 1. The van der Waals surface area contributed by atoms with Crippen molar-refractivity contribution in [1.82, 2.24) is 10.6 Å². The van der Waals surface area contributed by atoms with Crippen molar-refractivity contribution in [3.05, 3.63) is 55.7 Å². The summed E-state index contributed by atoms with van der Waals surface area (Å²) >= 11 is 7.43. The molecule has 0 saturated heterocycles. The Hall–Kier alpha value is -2.65. The van der Waals surface area contributed by atoms with Gasteiger partial charge >= 0.3 is 6.03 Å². The Kier molecular flexibility index (Phi) is 6.72. The summed E-state index contributed by atoms with van der Waals surface area (Å²) in [6, 6.07) is 6.86. The molecule has 0 aliphatic heterocycles. The average Bonchev–Trinajstić information content (AvgIpc) is 3.06. The molecule has 0 spiro atoms. The number of carbonyl (C=O) groups excluding carboxylic acids is 2. The molecule has 0 atom stereocenters. The average molecular weight is 384 g/mol. The molecule has 10 heteroatoms. The molecule has 0 fully saturated rings. The number of rotatable bonds is 7. The van der Waals surface area contributed by atoms with E-state index >= 15 is 0 Å². The van der Waals surface area contributed by atoms with Crippen molar-refractivity contribution in [2.75, 3.05) is 13.2 Å². The lowest BCUT2D eigenvalue weighted by Gasteiger charge is -2.09. The van der Waals surface area contributed by atoms with Gasteiger partial charge in [-0.2, -0.15) is 0 Å². The standard InChI is InChI=1S/C15H14ClN3O5S/c16-12-8-10(19(22)23)3-4-13(12)24-9-14(20)18-15(21)17-6-5-11-2-1-7-25-11/h1-4,7-8H,5-6,9H2,(H2,17,18,20,21). The van der Waals surface area contributed by atoms with Crippen LogP contribution in [0, 0.1) is 10.1 Å². The van der Waals surface area contributed by atoms with E-state index in [-0.39, 0.29) is 16.5 Å². The topological polar surface area (TPSA) is 111 Å². The molecule has 2 rings (SSSR count). The van der Waals surface area contributed by atoms with Crippen molar-refractivity contribution in [1.29, 1.82) is 0 Å². The van der Waals surface area contributed by atoms with Crippen molar-refractivity contribution in [3.63, 3.8) is 0 Å². The first kappa shape index (κ1) is 18.7. The third kappa shape index (κ3) is 6.05. The van der Waals surface area contributed by atoms with Crippen molar-refractivity contribution in [2.45, 2.75) is 6.42 Å². The number of urea groups is 1. The second-order valence-electron chi connectivity index (χ2n) is 4.79. The van der Waals surface area contributed by atoms with E-state index in [1.54, 1.807) is 11.3 Å². The van der Waals surface area contributed by atoms with Gasteiger partial charge in [0.15, 0.2) is 6.61 Å². The zero-order valence-electron chi connectivity index (χ0n) is 12.9. The molecule has 0 unspecified atom stereocenters. The number of amides is 3. The molecule has 1 aromatic heterocycles. The summed E-state index contributed by atoms with van der Waals surface area (Å²) in [5.41, 5.74) is -0.188. The number of hydrogen-bond donors (Lipinski definition) is 2. The molecule has 132 valence electrons. The minimum Gasteiger partial charge on any atom is -0.482 e.